The number of aliphatic hydroxyl groups is 1. The molecule has 0 aromatic heterocycles. The Hall–Kier alpha value is -1.06. The fraction of sp³-hybridized carbons (Fsp3) is 0.600. The molecular formula is C15H24N2O. The van der Waals surface area contributed by atoms with Gasteiger partial charge in [0.25, 0.3) is 0 Å². The van der Waals surface area contributed by atoms with Crippen molar-refractivity contribution in [2.24, 2.45) is 5.92 Å². The Morgan fingerprint density at radius 1 is 1.39 bits per heavy atom. The number of rotatable bonds is 5. The van der Waals surface area contributed by atoms with Crippen LogP contribution in [0.15, 0.2) is 18.2 Å². The monoisotopic (exact) mass is 248 g/mol. The Kier molecular flexibility index (Phi) is 4.25. The molecule has 18 heavy (non-hydrogen) atoms. The molecule has 0 amide bonds. The quantitative estimate of drug-likeness (QED) is 0.834. The van der Waals surface area contributed by atoms with Gasteiger partial charge < -0.3 is 15.3 Å². The van der Waals surface area contributed by atoms with Gasteiger partial charge in [0.15, 0.2) is 0 Å². The fourth-order valence-electron chi connectivity index (χ4n) is 2.49. The van der Waals surface area contributed by atoms with Crippen LogP contribution in [0.3, 0.4) is 0 Å². The van der Waals surface area contributed by atoms with Gasteiger partial charge in [-0.1, -0.05) is 26.0 Å². The Morgan fingerprint density at radius 3 is 2.83 bits per heavy atom. The smallest absolute Gasteiger partial charge is 0.0587 e. The molecule has 0 saturated heterocycles. The third kappa shape index (κ3) is 2.85. The summed E-state index contributed by atoms with van der Waals surface area (Å²) in [4.78, 5) is 2.30. The molecule has 0 spiro atoms. The zero-order valence-corrected chi connectivity index (χ0v) is 11.6. The second-order valence-electron chi connectivity index (χ2n) is 5.55. The molecule has 0 fully saturated rings. The lowest BCUT2D eigenvalue weighted by molar-refractivity contribution is 0.210. The fourth-order valence-corrected chi connectivity index (χ4v) is 2.49. The molecule has 1 aliphatic heterocycles. The Labute approximate surface area is 110 Å². The van der Waals surface area contributed by atoms with Gasteiger partial charge in [0.2, 0.25) is 0 Å². The van der Waals surface area contributed by atoms with E-state index in [0.717, 1.165) is 19.5 Å². The largest absolute Gasteiger partial charge is 0.395 e. The highest BCUT2D eigenvalue weighted by atomic mass is 16.3. The highest BCUT2D eigenvalue weighted by Gasteiger charge is 2.16. The Bertz CT molecular complexity index is 403. The molecule has 0 radical (unpaired) electrons. The lowest BCUT2D eigenvalue weighted by Gasteiger charge is -2.20. The highest BCUT2D eigenvalue weighted by Crippen LogP contribution is 2.27. The van der Waals surface area contributed by atoms with E-state index in [1.54, 1.807) is 0 Å². The van der Waals surface area contributed by atoms with E-state index >= 15 is 0 Å². The van der Waals surface area contributed by atoms with E-state index in [-0.39, 0.29) is 12.6 Å². The number of benzene rings is 1. The summed E-state index contributed by atoms with van der Waals surface area (Å²) in [6.07, 6.45) is 1.15. The molecule has 3 nitrogen and oxygen atoms in total. The second-order valence-corrected chi connectivity index (χ2v) is 5.55. The first-order valence-electron chi connectivity index (χ1n) is 6.79. The summed E-state index contributed by atoms with van der Waals surface area (Å²) in [6, 6.07) is 6.87. The van der Waals surface area contributed by atoms with Gasteiger partial charge in [-0.15, -0.1) is 0 Å². The van der Waals surface area contributed by atoms with Crippen molar-refractivity contribution in [2.75, 3.05) is 25.1 Å². The molecule has 0 aliphatic carbocycles. The number of aliphatic hydroxyl groups excluding tert-OH is 1. The van der Waals surface area contributed by atoms with Crippen molar-refractivity contribution in [3.63, 3.8) is 0 Å². The molecule has 1 aromatic carbocycles. The number of nitrogens with one attached hydrogen (secondary N) is 1. The second kappa shape index (κ2) is 5.72. The molecule has 1 aromatic rings. The molecule has 1 unspecified atom stereocenters. The molecule has 0 bridgehead atoms. The number of nitrogens with zero attached hydrogens (tertiary/aromatic N) is 1. The van der Waals surface area contributed by atoms with Gasteiger partial charge in [-0.05, 0) is 29.5 Å². The summed E-state index contributed by atoms with van der Waals surface area (Å²) in [5.74, 6) is 0.454. The van der Waals surface area contributed by atoms with Crippen molar-refractivity contribution in [1.82, 2.24) is 5.32 Å². The van der Waals surface area contributed by atoms with Crippen LogP contribution < -0.4 is 10.2 Å². The summed E-state index contributed by atoms with van der Waals surface area (Å²) in [7, 11) is 2.14. The molecule has 2 rings (SSSR count). The minimum atomic E-state index is 0.181. The molecule has 100 valence electrons. The van der Waals surface area contributed by atoms with Gasteiger partial charge in [-0.25, -0.2) is 0 Å². The van der Waals surface area contributed by atoms with Gasteiger partial charge in [-0.3, -0.25) is 0 Å². The van der Waals surface area contributed by atoms with Crippen molar-refractivity contribution < 1.29 is 5.11 Å². The number of anilines is 1. The standard InChI is InChI=1S/C15H24N2O/c1-11(2)14(10-18)16-9-12-4-5-15-13(8-12)6-7-17(15)3/h4-5,8,11,14,16,18H,6-7,9-10H2,1-3H3. The maximum Gasteiger partial charge on any atom is 0.0587 e. The molecule has 1 aliphatic rings. The van der Waals surface area contributed by atoms with Crippen LogP contribution in [-0.2, 0) is 13.0 Å². The van der Waals surface area contributed by atoms with E-state index in [1.165, 1.54) is 16.8 Å². The normalized spacial score (nSPS) is 16.2. The van der Waals surface area contributed by atoms with Crippen LogP contribution in [0.1, 0.15) is 25.0 Å². The molecule has 2 N–H and O–H groups in total. The van der Waals surface area contributed by atoms with Gasteiger partial charge in [-0.2, -0.15) is 0 Å². The van der Waals surface area contributed by atoms with Gasteiger partial charge >= 0.3 is 0 Å². The van der Waals surface area contributed by atoms with Gasteiger partial charge in [0.05, 0.1) is 6.61 Å². The SMILES string of the molecule is CC(C)C(CO)NCc1ccc2c(c1)CCN2C. The predicted octanol–water partition coefficient (Wildman–Crippen LogP) is 1.79. The van der Waals surface area contributed by atoms with Crippen molar-refractivity contribution in [3.05, 3.63) is 29.3 Å². The summed E-state index contributed by atoms with van der Waals surface area (Å²) in [5, 5.41) is 12.7. The van der Waals surface area contributed by atoms with Crippen LogP contribution in [-0.4, -0.2) is 31.3 Å². The van der Waals surface area contributed by atoms with Gasteiger partial charge in [0, 0.05) is 31.9 Å². The number of hydrogen-bond acceptors (Lipinski definition) is 3. The van der Waals surface area contributed by atoms with E-state index in [1.807, 2.05) is 0 Å². The van der Waals surface area contributed by atoms with Crippen LogP contribution in [0.25, 0.3) is 0 Å². The molecule has 0 saturated carbocycles. The topological polar surface area (TPSA) is 35.5 Å². The number of hydrogen-bond donors (Lipinski definition) is 2. The van der Waals surface area contributed by atoms with Crippen LogP contribution in [0.4, 0.5) is 5.69 Å². The summed E-state index contributed by atoms with van der Waals surface area (Å²) in [5.41, 5.74) is 4.12. The minimum absolute atomic E-state index is 0.181. The summed E-state index contributed by atoms with van der Waals surface area (Å²) in [6.45, 7) is 6.42. The van der Waals surface area contributed by atoms with Crippen molar-refractivity contribution in [3.8, 4) is 0 Å². The molecule has 1 heterocycles. The average Bonchev–Trinajstić information content (AvgIpc) is 2.71. The number of fused-ring (bicyclic) bond motifs is 1. The van der Waals surface area contributed by atoms with E-state index < -0.39 is 0 Å². The zero-order chi connectivity index (χ0) is 13.1. The molecule has 3 heteroatoms. The average molecular weight is 248 g/mol. The van der Waals surface area contributed by atoms with Crippen LogP contribution in [0, 0.1) is 5.92 Å². The lowest BCUT2D eigenvalue weighted by atomic mass is 10.0. The van der Waals surface area contributed by atoms with E-state index in [9.17, 15) is 5.11 Å². The molecular weight excluding hydrogens is 224 g/mol. The predicted molar refractivity (Wildman–Crippen MR) is 76.0 cm³/mol. The van der Waals surface area contributed by atoms with Crippen LogP contribution in [0.2, 0.25) is 0 Å². The first-order chi connectivity index (χ1) is 8.61. The highest BCUT2D eigenvalue weighted by molar-refractivity contribution is 5.58. The molecule has 1 atom stereocenters. The van der Waals surface area contributed by atoms with Crippen LogP contribution >= 0.6 is 0 Å². The third-order valence-electron chi connectivity index (χ3n) is 3.84. The maximum absolute atomic E-state index is 9.29. The van der Waals surface area contributed by atoms with E-state index in [4.69, 9.17) is 0 Å². The minimum Gasteiger partial charge on any atom is -0.395 e. The Balaban J connectivity index is 1.99. The summed E-state index contributed by atoms with van der Waals surface area (Å²) >= 11 is 0. The number of likely N-dealkylation sites (N-methyl/N-ethyl adjacent to an activating group) is 1. The van der Waals surface area contributed by atoms with E-state index in [0.29, 0.717) is 5.92 Å². The van der Waals surface area contributed by atoms with Crippen molar-refractivity contribution >= 4 is 5.69 Å². The van der Waals surface area contributed by atoms with E-state index in [2.05, 4.69) is 49.3 Å². The van der Waals surface area contributed by atoms with Crippen molar-refractivity contribution in [2.45, 2.75) is 32.9 Å². The zero-order valence-electron chi connectivity index (χ0n) is 11.6. The third-order valence-corrected chi connectivity index (χ3v) is 3.84. The first-order valence-corrected chi connectivity index (χ1v) is 6.79. The summed E-state index contributed by atoms with van der Waals surface area (Å²) < 4.78 is 0. The van der Waals surface area contributed by atoms with Gasteiger partial charge in [0.1, 0.15) is 0 Å². The van der Waals surface area contributed by atoms with Crippen LogP contribution in [0.5, 0.6) is 0 Å². The lowest BCUT2D eigenvalue weighted by Crippen LogP contribution is -2.36. The first kappa shape index (κ1) is 13.4. The Morgan fingerprint density at radius 2 is 2.17 bits per heavy atom. The maximum atomic E-state index is 9.29. The van der Waals surface area contributed by atoms with Crippen molar-refractivity contribution in [1.29, 1.82) is 0 Å².